The fourth-order valence-electron chi connectivity index (χ4n) is 3.48. The molecule has 0 spiro atoms. The molecular weight excluding hydrogens is 390 g/mol. The van der Waals surface area contributed by atoms with Gasteiger partial charge in [0.2, 0.25) is 5.95 Å². The number of carbonyl (C=O) groups is 1. The maximum Gasteiger partial charge on any atom is 0.277 e. The summed E-state index contributed by atoms with van der Waals surface area (Å²) in [5.74, 6) is 0.874. The van der Waals surface area contributed by atoms with Crippen molar-refractivity contribution >= 4 is 34.7 Å². The lowest BCUT2D eigenvalue weighted by Gasteiger charge is -2.15. The molecule has 1 amide bonds. The summed E-state index contributed by atoms with van der Waals surface area (Å²) in [6.45, 7) is 0.365. The molecule has 3 N–H and O–H groups in total. The molecule has 0 radical (unpaired) electrons. The van der Waals surface area contributed by atoms with E-state index in [1.165, 1.54) is 0 Å². The number of rotatable bonds is 5. The summed E-state index contributed by atoms with van der Waals surface area (Å²) in [4.78, 5) is 24.1. The topological polar surface area (TPSA) is 90.4 Å². The number of nitrogens with zero attached hydrogens (tertiary/aromatic N) is 3. The molecule has 0 bridgehead atoms. The lowest BCUT2D eigenvalue weighted by Crippen LogP contribution is -2.23. The quantitative estimate of drug-likeness (QED) is 0.409. The molecule has 1 aliphatic rings. The number of aromatic hydroxyl groups is 1. The monoisotopic (exact) mass is 409 g/mol. The minimum absolute atomic E-state index is 0.173. The first-order valence-electron chi connectivity index (χ1n) is 9.83. The number of phenolic OH excluding ortho intramolecular Hbond substituents is 1. The molecule has 0 saturated carbocycles. The van der Waals surface area contributed by atoms with Crippen molar-refractivity contribution in [3.8, 4) is 5.75 Å². The van der Waals surface area contributed by atoms with Gasteiger partial charge < -0.3 is 20.6 Å². The van der Waals surface area contributed by atoms with E-state index in [9.17, 15) is 9.90 Å². The molecule has 0 saturated heterocycles. The molecule has 152 valence electrons. The predicted octanol–water partition coefficient (Wildman–Crippen LogP) is 4.83. The summed E-state index contributed by atoms with van der Waals surface area (Å²) in [5, 5.41) is 16.0. The number of benzene rings is 3. The second kappa shape index (κ2) is 7.79. The molecule has 1 aliphatic heterocycles. The normalized spacial score (nSPS) is 12.5. The number of carbonyl (C=O) groups excluding carboxylic acids is 1. The van der Waals surface area contributed by atoms with Gasteiger partial charge in [0, 0.05) is 22.6 Å². The molecule has 0 unspecified atom stereocenters. The Labute approximate surface area is 179 Å². The zero-order chi connectivity index (χ0) is 21.2. The summed E-state index contributed by atoms with van der Waals surface area (Å²) in [6.07, 6.45) is 0. The molecule has 31 heavy (non-hydrogen) atoms. The number of amides is 1. The van der Waals surface area contributed by atoms with E-state index in [4.69, 9.17) is 0 Å². The van der Waals surface area contributed by atoms with E-state index >= 15 is 0 Å². The summed E-state index contributed by atoms with van der Waals surface area (Å²) in [7, 11) is 0. The van der Waals surface area contributed by atoms with Gasteiger partial charge in [-0.15, -0.1) is 0 Å². The molecule has 5 rings (SSSR count). The van der Waals surface area contributed by atoms with Gasteiger partial charge in [-0.25, -0.2) is 4.98 Å². The van der Waals surface area contributed by atoms with Crippen LogP contribution in [0, 0.1) is 0 Å². The van der Waals surface area contributed by atoms with Crippen molar-refractivity contribution in [3.63, 3.8) is 0 Å². The van der Waals surface area contributed by atoms with Crippen molar-refractivity contribution < 1.29 is 9.90 Å². The van der Waals surface area contributed by atoms with Gasteiger partial charge in [0.25, 0.3) is 5.91 Å². The van der Waals surface area contributed by atoms with Gasteiger partial charge in [-0.3, -0.25) is 4.79 Å². The van der Waals surface area contributed by atoms with E-state index in [0.717, 1.165) is 22.6 Å². The smallest absolute Gasteiger partial charge is 0.277 e. The summed E-state index contributed by atoms with van der Waals surface area (Å²) >= 11 is 0. The highest BCUT2D eigenvalue weighted by Crippen LogP contribution is 2.33. The zero-order valence-electron chi connectivity index (χ0n) is 16.5. The molecular formula is C24H19N5O2. The Morgan fingerprint density at radius 3 is 2.13 bits per heavy atom. The van der Waals surface area contributed by atoms with Crippen LogP contribution >= 0.6 is 0 Å². The Morgan fingerprint density at radius 2 is 1.42 bits per heavy atom. The summed E-state index contributed by atoms with van der Waals surface area (Å²) in [5.41, 5.74) is 3.45. The molecule has 2 heterocycles. The fraction of sp³-hybridized carbons (Fsp3) is 0.0417. The van der Waals surface area contributed by atoms with Gasteiger partial charge >= 0.3 is 0 Å². The molecule has 0 fully saturated rings. The molecule has 7 nitrogen and oxygen atoms in total. The Morgan fingerprint density at radius 1 is 0.774 bits per heavy atom. The highest BCUT2D eigenvalue weighted by molar-refractivity contribution is 6.09. The van der Waals surface area contributed by atoms with E-state index in [0.29, 0.717) is 24.0 Å². The number of fused-ring (bicyclic) bond motifs is 1. The predicted molar refractivity (Wildman–Crippen MR) is 120 cm³/mol. The molecule has 0 atom stereocenters. The van der Waals surface area contributed by atoms with Crippen LogP contribution in [-0.4, -0.2) is 21.0 Å². The van der Waals surface area contributed by atoms with Crippen LogP contribution in [0.5, 0.6) is 5.75 Å². The number of aromatic nitrogens is 2. The number of para-hydroxylation sites is 2. The number of hydrogen-bond donors (Lipinski definition) is 3. The van der Waals surface area contributed by atoms with Crippen LogP contribution < -0.4 is 15.5 Å². The molecule has 0 aliphatic carbocycles. The van der Waals surface area contributed by atoms with Gasteiger partial charge in [0.05, 0.1) is 6.54 Å². The lowest BCUT2D eigenvalue weighted by molar-refractivity contribution is 0.0992. The number of hydrogen-bond acceptors (Lipinski definition) is 6. The first-order valence-corrected chi connectivity index (χ1v) is 9.83. The Bertz CT molecular complexity index is 1230. The SMILES string of the molecule is O=C1c2nc(Nc3ccccc3)nc(Nc3ccc(O)cc3)c2CN1c1ccccc1. The van der Waals surface area contributed by atoms with Gasteiger partial charge in [-0.1, -0.05) is 36.4 Å². The van der Waals surface area contributed by atoms with Crippen LogP contribution in [0.25, 0.3) is 0 Å². The Balaban J connectivity index is 1.55. The third-order valence-electron chi connectivity index (χ3n) is 5.00. The first-order chi connectivity index (χ1) is 15.2. The third kappa shape index (κ3) is 3.76. The van der Waals surface area contributed by atoms with Crippen molar-refractivity contribution in [1.82, 2.24) is 9.97 Å². The van der Waals surface area contributed by atoms with Crippen LogP contribution in [0.2, 0.25) is 0 Å². The lowest BCUT2D eigenvalue weighted by atomic mass is 10.2. The largest absolute Gasteiger partial charge is 0.508 e. The Hall–Kier alpha value is -4.39. The number of phenols is 1. The van der Waals surface area contributed by atoms with Crippen LogP contribution in [0.15, 0.2) is 84.9 Å². The van der Waals surface area contributed by atoms with Crippen molar-refractivity contribution in [3.05, 3.63) is 96.2 Å². The number of nitrogens with one attached hydrogen (secondary N) is 2. The van der Waals surface area contributed by atoms with Crippen LogP contribution in [0.3, 0.4) is 0 Å². The van der Waals surface area contributed by atoms with Crippen molar-refractivity contribution in [2.24, 2.45) is 0 Å². The van der Waals surface area contributed by atoms with Gasteiger partial charge in [0.1, 0.15) is 17.3 Å². The standard InChI is InChI=1S/C24H19N5O2/c30-19-13-11-17(12-14-19)25-22-20-15-29(18-9-5-2-6-10-18)23(31)21(20)27-24(28-22)26-16-7-3-1-4-8-16/h1-14,30H,15H2,(H2,25,26,27,28). The average molecular weight is 409 g/mol. The molecule has 4 aromatic rings. The van der Waals surface area contributed by atoms with Gasteiger partial charge in [-0.05, 0) is 48.5 Å². The van der Waals surface area contributed by atoms with E-state index < -0.39 is 0 Å². The van der Waals surface area contributed by atoms with E-state index in [-0.39, 0.29) is 11.7 Å². The highest BCUT2D eigenvalue weighted by Gasteiger charge is 2.33. The molecule has 3 aromatic carbocycles. The summed E-state index contributed by atoms with van der Waals surface area (Å²) < 4.78 is 0. The third-order valence-corrected chi connectivity index (χ3v) is 5.00. The van der Waals surface area contributed by atoms with E-state index in [2.05, 4.69) is 20.6 Å². The minimum Gasteiger partial charge on any atom is -0.508 e. The Kier molecular flexibility index (Phi) is 4.68. The summed E-state index contributed by atoms with van der Waals surface area (Å²) in [6, 6.07) is 25.7. The number of anilines is 5. The van der Waals surface area contributed by atoms with E-state index in [1.807, 2.05) is 60.7 Å². The fourth-order valence-corrected chi connectivity index (χ4v) is 3.48. The van der Waals surface area contributed by atoms with E-state index in [1.54, 1.807) is 29.2 Å². The van der Waals surface area contributed by atoms with Crippen molar-refractivity contribution in [1.29, 1.82) is 0 Å². The van der Waals surface area contributed by atoms with Crippen LogP contribution in [0.4, 0.5) is 28.8 Å². The maximum absolute atomic E-state index is 13.2. The zero-order valence-corrected chi connectivity index (χ0v) is 16.5. The average Bonchev–Trinajstić information content (AvgIpc) is 3.13. The molecule has 7 heteroatoms. The highest BCUT2D eigenvalue weighted by atomic mass is 16.3. The van der Waals surface area contributed by atoms with Gasteiger partial charge in [0.15, 0.2) is 0 Å². The van der Waals surface area contributed by atoms with Crippen molar-refractivity contribution in [2.75, 3.05) is 15.5 Å². The first kappa shape index (κ1) is 18.6. The minimum atomic E-state index is -0.173. The second-order valence-corrected chi connectivity index (χ2v) is 7.11. The maximum atomic E-state index is 13.2. The van der Waals surface area contributed by atoms with Gasteiger partial charge in [-0.2, -0.15) is 4.98 Å². The van der Waals surface area contributed by atoms with Crippen LogP contribution in [-0.2, 0) is 6.54 Å². The van der Waals surface area contributed by atoms with Crippen LogP contribution in [0.1, 0.15) is 16.1 Å². The second-order valence-electron chi connectivity index (χ2n) is 7.11. The van der Waals surface area contributed by atoms with Crippen molar-refractivity contribution in [2.45, 2.75) is 6.54 Å². The molecule has 1 aromatic heterocycles.